The lowest BCUT2D eigenvalue weighted by Gasteiger charge is -2.18. The van der Waals surface area contributed by atoms with Crippen LogP contribution in [0.15, 0.2) is 12.1 Å². The average Bonchev–Trinajstić information content (AvgIpc) is 2.82. The Balaban J connectivity index is 2.15. The normalized spacial score (nSPS) is 18.9. The van der Waals surface area contributed by atoms with E-state index in [-0.39, 0.29) is 16.7 Å². The van der Waals surface area contributed by atoms with Crippen LogP contribution < -0.4 is 5.32 Å². The first-order chi connectivity index (χ1) is 9.02. The van der Waals surface area contributed by atoms with Gasteiger partial charge in [0.15, 0.2) is 0 Å². The van der Waals surface area contributed by atoms with E-state index < -0.39 is 0 Å². The Morgan fingerprint density at radius 2 is 2.32 bits per heavy atom. The van der Waals surface area contributed by atoms with Crippen LogP contribution >= 0.6 is 11.6 Å². The molecule has 1 aromatic rings. The van der Waals surface area contributed by atoms with Gasteiger partial charge in [-0.1, -0.05) is 11.6 Å². The van der Waals surface area contributed by atoms with Crippen LogP contribution in [0.25, 0.3) is 0 Å². The summed E-state index contributed by atoms with van der Waals surface area (Å²) in [4.78, 5) is 14.2. The van der Waals surface area contributed by atoms with Crippen LogP contribution in [-0.2, 0) is 0 Å². The van der Waals surface area contributed by atoms with Crippen LogP contribution in [0.5, 0.6) is 0 Å². The molecule has 0 aromatic heterocycles. The smallest absolute Gasteiger partial charge is 0.255 e. The molecule has 1 amide bonds. The molecule has 0 spiro atoms. The minimum Gasteiger partial charge on any atom is -0.338 e. The molecule has 1 aliphatic heterocycles. The van der Waals surface area contributed by atoms with Gasteiger partial charge in [-0.2, -0.15) is 0 Å². The van der Waals surface area contributed by atoms with E-state index in [9.17, 15) is 9.18 Å². The van der Waals surface area contributed by atoms with Crippen molar-refractivity contribution in [3.8, 4) is 0 Å². The SMILES string of the molecule is CNC[C@@H]1CCN(C(=O)c2cc(C)c(F)cc2Cl)C1. The van der Waals surface area contributed by atoms with Gasteiger partial charge in [-0.15, -0.1) is 0 Å². The van der Waals surface area contributed by atoms with Gasteiger partial charge in [-0.05, 0) is 50.6 Å². The van der Waals surface area contributed by atoms with E-state index in [0.717, 1.165) is 26.1 Å². The summed E-state index contributed by atoms with van der Waals surface area (Å²) >= 11 is 5.97. The van der Waals surface area contributed by atoms with Crippen LogP contribution in [0.3, 0.4) is 0 Å². The van der Waals surface area contributed by atoms with Crippen LogP contribution in [0.4, 0.5) is 4.39 Å². The standard InChI is InChI=1S/C14H18ClFN2O/c1-9-5-11(12(15)6-13(9)16)14(19)18-4-3-10(8-18)7-17-2/h5-6,10,17H,3-4,7-8H2,1-2H3/t10-/m0/s1. The van der Waals surface area contributed by atoms with E-state index in [4.69, 9.17) is 11.6 Å². The molecule has 3 nitrogen and oxygen atoms in total. The molecule has 1 atom stereocenters. The number of nitrogens with one attached hydrogen (secondary N) is 1. The fourth-order valence-electron chi connectivity index (χ4n) is 2.46. The maximum atomic E-state index is 13.3. The van der Waals surface area contributed by atoms with Gasteiger partial charge in [0.05, 0.1) is 10.6 Å². The van der Waals surface area contributed by atoms with Crippen molar-refractivity contribution in [3.63, 3.8) is 0 Å². The van der Waals surface area contributed by atoms with E-state index in [1.54, 1.807) is 11.8 Å². The molecule has 0 bridgehead atoms. The highest BCUT2D eigenvalue weighted by Crippen LogP contribution is 2.24. The molecule has 0 aliphatic carbocycles. The Hall–Kier alpha value is -1.13. The minimum absolute atomic E-state index is 0.105. The number of nitrogens with zero attached hydrogens (tertiary/aromatic N) is 1. The number of hydrogen-bond donors (Lipinski definition) is 1. The number of carbonyl (C=O) groups excluding carboxylic acids is 1. The number of carbonyl (C=O) groups is 1. The molecule has 1 N–H and O–H groups in total. The molecule has 0 radical (unpaired) electrons. The van der Waals surface area contributed by atoms with Crippen molar-refractivity contribution < 1.29 is 9.18 Å². The quantitative estimate of drug-likeness (QED) is 0.925. The van der Waals surface area contributed by atoms with Crippen molar-refractivity contribution in [2.24, 2.45) is 5.92 Å². The van der Waals surface area contributed by atoms with E-state index in [1.165, 1.54) is 12.1 Å². The van der Waals surface area contributed by atoms with Gasteiger partial charge in [-0.3, -0.25) is 4.79 Å². The number of rotatable bonds is 3. The van der Waals surface area contributed by atoms with Crippen LogP contribution in [0, 0.1) is 18.7 Å². The molecule has 1 fully saturated rings. The van der Waals surface area contributed by atoms with Gasteiger partial charge in [0.2, 0.25) is 0 Å². The number of hydrogen-bond acceptors (Lipinski definition) is 2. The second kappa shape index (κ2) is 5.88. The summed E-state index contributed by atoms with van der Waals surface area (Å²) in [5, 5.41) is 3.31. The third-order valence-electron chi connectivity index (χ3n) is 3.54. The van der Waals surface area contributed by atoms with Gasteiger partial charge < -0.3 is 10.2 Å². The lowest BCUT2D eigenvalue weighted by molar-refractivity contribution is 0.0787. The fourth-order valence-corrected chi connectivity index (χ4v) is 2.70. The summed E-state index contributed by atoms with van der Waals surface area (Å²) in [6.45, 7) is 4.00. The van der Waals surface area contributed by atoms with Crippen LogP contribution in [0.1, 0.15) is 22.3 Å². The van der Waals surface area contributed by atoms with Gasteiger partial charge >= 0.3 is 0 Å². The zero-order chi connectivity index (χ0) is 14.0. The summed E-state index contributed by atoms with van der Waals surface area (Å²) in [5.41, 5.74) is 0.837. The van der Waals surface area contributed by atoms with Crippen LogP contribution in [-0.4, -0.2) is 37.5 Å². The predicted octanol–water partition coefficient (Wildman–Crippen LogP) is 2.47. The Morgan fingerprint density at radius 3 is 3.00 bits per heavy atom. The van der Waals surface area contributed by atoms with E-state index >= 15 is 0 Å². The number of aryl methyl sites for hydroxylation is 1. The minimum atomic E-state index is -0.379. The Bertz CT molecular complexity index is 493. The van der Waals surface area contributed by atoms with Crippen molar-refractivity contribution in [1.29, 1.82) is 0 Å². The second-order valence-corrected chi connectivity index (χ2v) is 5.45. The summed E-state index contributed by atoms with van der Waals surface area (Å²) in [7, 11) is 1.91. The van der Waals surface area contributed by atoms with Crippen molar-refractivity contribution in [2.75, 3.05) is 26.7 Å². The van der Waals surface area contributed by atoms with Gasteiger partial charge in [-0.25, -0.2) is 4.39 Å². The molecule has 5 heteroatoms. The number of likely N-dealkylation sites (tertiary alicyclic amines) is 1. The molecule has 104 valence electrons. The molecule has 2 rings (SSSR count). The first-order valence-corrected chi connectivity index (χ1v) is 6.80. The van der Waals surface area contributed by atoms with Gasteiger partial charge in [0.1, 0.15) is 5.82 Å². The lowest BCUT2D eigenvalue weighted by Crippen LogP contribution is -2.30. The topological polar surface area (TPSA) is 32.3 Å². The monoisotopic (exact) mass is 284 g/mol. The lowest BCUT2D eigenvalue weighted by atomic mass is 10.1. The summed E-state index contributed by atoms with van der Waals surface area (Å²) in [6, 6.07) is 2.75. The van der Waals surface area contributed by atoms with E-state index in [2.05, 4.69) is 5.32 Å². The third-order valence-corrected chi connectivity index (χ3v) is 3.86. The third kappa shape index (κ3) is 3.07. The summed E-state index contributed by atoms with van der Waals surface area (Å²) in [6.07, 6.45) is 0.990. The molecular weight excluding hydrogens is 267 g/mol. The molecule has 1 saturated heterocycles. The fraction of sp³-hybridized carbons (Fsp3) is 0.500. The molecule has 1 heterocycles. The van der Waals surface area contributed by atoms with Crippen molar-refractivity contribution >= 4 is 17.5 Å². The van der Waals surface area contributed by atoms with Crippen LogP contribution in [0.2, 0.25) is 5.02 Å². The first-order valence-electron chi connectivity index (χ1n) is 6.42. The molecule has 1 aromatic carbocycles. The Morgan fingerprint density at radius 1 is 1.58 bits per heavy atom. The highest BCUT2D eigenvalue weighted by Gasteiger charge is 2.27. The maximum Gasteiger partial charge on any atom is 0.255 e. The molecule has 0 saturated carbocycles. The molecule has 0 unspecified atom stereocenters. The zero-order valence-electron chi connectivity index (χ0n) is 11.2. The molecule has 1 aliphatic rings. The number of halogens is 2. The van der Waals surface area contributed by atoms with Gasteiger partial charge in [0, 0.05) is 13.1 Å². The Labute approximate surface area is 117 Å². The average molecular weight is 285 g/mol. The highest BCUT2D eigenvalue weighted by molar-refractivity contribution is 6.33. The maximum absolute atomic E-state index is 13.3. The molecule has 19 heavy (non-hydrogen) atoms. The first kappa shape index (κ1) is 14.3. The van der Waals surface area contributed by atoms with E-state index in [1.807, 2.05) is 7.05 Å². The van der Waals surface area contributed by atoms with Gasteiger partial charge in [0.25, 0.3) is 5.91 Å². The summed E-state index contributed by atoms with van der Waals surface area (Å²) < 4.78 is 13.3. The summed E-state index contributed by atoms with van der Waals surface area (Å²) in [5.74, 6) is -0.00277. The van der Waals surface area contributed by atoms with Crippen molar-refractivity contribution in [1.82, 2.24) is 10.2 Å². The van der Waals surface area contributed by atoms with Crippen molar-refractivity contribution in [2.45, 2.75) is 13.3 Å². The second-order valence-electron chi connectivity index (χ2n) is 5.04. The zero-order valence-corrected chi connectivity index (χ0v) is 11.9. The molecular formula is C14H18ClFN2O. The Kier molecular flexibility index (Phi) is 4.42. The van der Waals surface area contributed by atoms with Crippen molar-refractivity contribution in [3.05, 3.63) is 34.1 Å². The number of amides is 1. The largest absolute Gasteiger partial charge is 0.338 e. The number of benzene rings is 1. The highest BCUT2D eigenvalue weighted by atomic mass is 35.5. The predicted molar refractivity (Wildman–Crippen MR) is 74.1 cm³/mol. The van der Waals surface area contributed by atoms with E-state index in [0.29, 0.717) is 17.0 Å².